The highest BCUT2D eigenvalue weighted by molar-refractivity contribution is 5.33. The smallest absolute Gasteiger partial charge is 0.225 e. The topological polar surface area (TPSA) is 42.7 Å². The minimum atomic E-state index is 0.825. The van der Waals surface area contributed by atoms with Crippen LogP contribution in [0.4, 0.5) is 5.95 Å². The molecule has 4 nitrogen and oxygen atoms in total. The largest absolute Gasteiger partial charge is 0.331 e. The van der Waals surface area contributed by atoms with Gasteiger partial charge in [0.2, 0.25) is 5.95 Å². The number of fused-ring (bicyclic) bond motifs is 1. The molecule has 1 aliphatic heterocycles. The van der Waals surface area contributed by atoms with Gasteiger partial charge in [0.05, 0.1) is 6.54 Å². The molecule has 1 aliphatic rings. The number of nitrogens with zero attached hydrogens (tertiary/aromatic N) is 3. The maximum Gasteiger partial charge on any atom is 0.225 e. The average Bonchev–Trinajstić information content (AvgIpc) is 2.33. The Morgan fingerprint density at radius 2 is 2.60 bits per heavy atom. The molecule has 1 aromatic rings. The van der Waals surface area contributed by atoms with Crippen LogP contribution in [-0.4, -0.2) is 14.8 Å². The highest BCUT2D eigenvalue weighted by Gasteiger charge is 2.06. The van der Waals surface area contributed by atoms with Crippen molar-refractivity contribution in [3.8, 4) is 0 Å². The second kappa shape index (κ2) is 1.83. The molecule has 0 atom stereocenters. The molecule has 1 aromatic heterocycles. The summed E-state index contributed by atoms with van der Waals surface area (Å²) in [6.45, 7) is 2.90. The monoisotopic (exact) mass is 136 g/mol. The molecular formula is C6H8N4. The molecule has 0 amide bonds. The van der Waals surface area contributed by atoms with Gasteiger partial charge >= 0.3 is 0 Å². The van der Waals surface area contributed by atoms with Gasteiger partial charge in [-0.3, -0.25) is 0 Å². The van der Waals surface area contributed by atoms with Crippen LogP contribution in [0.2, 0.25) is 0 Å². The van der Waals surface area contributed by atoms with Crippen LogP contribution in [0.15, 0.2) is 18.1 Å². The third kappa shape index (κ3) is 0.689. The van der Waals surface area contributed by atoms with E-state index in [0.29, 0.717) is 0 Å². The third-order valence-electron chi connectivity index (χ3n) is 1.46. The van der Waals surface area contributed by atoms with Gasteiger partial charge in [-0.15, -0.1) is 0 Å². The number of hydrogen-bond donors (Lipinski definition) is 1. The summed E-state index contributed by atoms with van der Waals surface area (Å²) in [7, 11) is 0. The Bertz CT molecular complexity index is 273. The van der Waals surface area contributed by atoms with E-state index in [0.717, 1.165) is 12.5 Å². The van der Waals surface area contributed by atoms with Crippen molar-refractivity contribution in [1.82, 2.24) is 14.8 Å². The van der Waals surface area contributed by atoms with Crippen molar-refractivity contribution in [2.24, 2.45) is 0 Å². The average molecular weight is 136 g/mol. The summed E-state index contributed by atoms with van der Waals surface area (Å²) < 4.78 is 1.83. The third-order valence-corrected chi connectivity index (χ3v) is 1.46. The summed E-state index contributed by atoms with van der Waals surface area (Å²) in [5.74, 6) is 0.825. The second-order valence-corrected chi connectivity index (χ2v) is 2.38. The lowest BCUT2D eigenvalue weighted by atomic mass is 10.3. The van der Waals surface area contributed by atoms with Crippen LogP contribution in [0.5, 0.6) is 0 Å². The zero-order chi connectivity index (χ0) is 6.97. The molecule has 4 heteroatoms. The van der Waals surface area contributed by atoms with Crippen LogP contribution >= 0.6 is 0 Å². The minimum Gasteiger partial charge on any atom is -0.331 e. The van der Waals surface area contributed by atoms with Crippen LogP contribution in [0.1, 0.15) is 6.92 Å². The Balaban J connectivity index is 2.39. The summed E-state index contributed by atoms with van der Waals surface area (Å²) in [5, 5.41) is 7.03. The van der Waals surface area contributed by atoms with Crippen molar-refractivity contribution >= 4 is 5.95 Å². The van der Waals surface area contributed by atoms with E-state index in [1.54, 1.807) is 6.33 Å². The Kier molecular flexibility index (Phi) is 1.00. The van der Waals surface area contributed by atoms with Crippen molar-refractivity contribution in [3.05, 3.63) is 18.1 Å². The van der Waals surface area contributed by atoms with Gasteiger partial charge < -0.3 is 5.32 Å². The van der Waals surface area contributed by atoms with Crippen LogP contribution in [0, 0.1) is 0 Å². The molecule has 0 unspecified atom stereocenters. The molecule has 0 saturated heterocycles. The molecule has 52 valence electrons. The summed E-state index contributed by atoms with van der Waals surface area (Å²) in [6.07, 6.45) is 3.50. The highest BCUT2D eigenvalue weighted by Crippen LogP contribution is 2.10. The molecule has 0 aliphatic carbocycles. The van der Waals surface area contributed by atoms with Gasteiger partial charge in [0, 0.05) is 6.20 Å². The van der Waals surface area contributed by atoms with E-state index in [1.165, 1.54) is 5.57 Å². The van der Waals surface area contributed by atoms with Crippen molar-refractivity contribution in [2.45, 2.75) is 13.5 Å². The van der Waals surface area contributed by atoms with Gasteiger partial charge in [0.25, 0.3) is 0 Å². The van der Waals surface area contributed by atoms with Gasteiger partial charge in [-0.05, 0) is 12.5 Å². The number of rotatable bonds is 0. The highest BCUT2D eigenvalue weighted by atomic mass is 15.4. The lowest BCUT2D eigenvalue weighted by Crippen LogP contribution is -2.11. The van der Waals surface area contributed by atoms with Crippen molar-refractivity contribution in [1.29, 1.82) is 0 Å². The first-order chi connectivity index (χ1) is 4.86. The number of allylic oxidation sites excluding steroid dienone is 1. The first-order valence-electron chi connectivity index (χ1n) is 3.16. The quantitative estimate of drug-likeness (QED) is 0.568. The van der Waals surface area contributed by atoms with Crippen LogP contribution in [0.25, 0.3) is 0 Å². The Labute approximate surface area is 58.6 Å². The molecule has 10 heavy (non-hydrogen) atoms. The van der Waals surface area contributed by atoms with Crippen molar-refractivity contribution in [3.63, 3.8) is 0 Å². The van der Waals surface area contributed by atoms with Crippen LogP contribution in [-0.2, 0) is 6.54 Å². The molecule has 2 heterocycles. The lowest BCUT2D eigenvalue weighted by molar-refractivity contribution is 0.671. The summed E-state index contributed by atoms with van der Waals surface area (Å²) >= 11 is 0. The van der Waals surface area contributed by atoms with E-state index < -0.39 is 0 Å². The first kappa shape index (κ1) is 5.46. The Morgan fingerprint density at radius 3 is 3.50 bits per heavy atom. The normalized spacial score (nSPS) is 15.5. The van der Waals surface area contributed by atoms with E-state index >= 15 is 0 Å². The molecule has 0 fully saturated rings. The van der Waals surface area contributed by atoms with Crippen LogP contribution in [0.3, 0.4) is 0 Å². The summed E-state index contributed by atoms with van der Waals surface area (Å²) in [6, 6.07) is 0. The molecule has 0 spiro atoms. The van der Waals surface area contributed by atoms with Crippen molar-refractivity contribution < 1.29 is 0 Å². The number of aromatic nitrogens is 3. The molecule has 1 N–H and O–H groups in total. The van der Waals surface area contributed by atoms with Gasteiger partial charge in [-0.1, -0.05) is 0 Å². The van der Waals surface area contributed by atoms with E-state index in [1.807, 2.05) is 10.9 Å². The Hall–Kier alpha value is -1.32. The van der Waals surface area contributed by atoms with Gasteiger partial charge in [-0.2, -0.15) is 10.1 Å². The molecule has 0 aromatic carbocycles. The Morgan fingerprint density at radius 1 is 1.70 bits per heavy atom. The molecule has 0 bridgehead atoms. The summed E-state index contributed by atoms with van der Waals surface area (Å²) in [4.78, 5) is 3.99. The minimum absolute atomic E-state index is 0.825. The predicted molar refractivity (Wildman–Crippen MR) is 37.4 cm³/mol. The molecular weight excluding hydrogens is 128 g/mol. The molecule has 0 saturated carbocycles. The summed E-state index contributed by atoms with van der Waals surface area (Å²) in [5.41, 5.74) is 1.26. The zero-order valence-corrected chi connectivity index (χ0v) is 5.70. The maximum atomic E-state index is 4.01. The van der Waals surface area contributed by atoms with Gasteiger partial charge in [0.1, 0.15) is 6.33 Å². The second-order valence-electron chi connectivity index (χ2n) is 2.38. The number of nitrogens with one attached hydrogen (secondary N) is 1. The molecule has 2 rings (SSSR count). The van der Waals surface area contributed by atoms with E-state index in [4.69, 9.17) is 0 Å². The number of anilines is 1. The van der Waals surface area contributed by atoms with Gasteiger partial charge in [-0.25, -0.2) is 4.68 Å². The SMILES string of the molecule is CC1=CNc2ncnn2C1. The van der Waals surface area contributed by atoms with E-state index in [9.17, 15) is 0 Å². The first-order valence-corrected chi connectivity index (χ1v) is 3.16. The zero-order valence-electron chi connectivity index (χ0n) is 5.70. The fraction of sp³-hybridized carbons (Fsp3) is 0.333. The molecule has 0 radical (unpaired) electrons. The van der Waals surface area contributed by atoms with E-state index in [2.05, 4.69) is 22.3 Å². The fourth-order valence-electron chi connectivity index (χ4n) is 0.961. The standard InChI is InChI=1S/C6H8N4/c1-5-2-7-6-8-4-9-10(6)3-5/h2,4H,3H2,1H3,(H,7,8,9). The van der Waals surface area contributed by atoms with Crippen molar-refractivity contribution in [2.75, 3.05) is 5.32 Å². The van der Waals surface area contributed by atoms with E-state index in [-0.39, 0.29) is 0 Å². The van der Waals surface area contributed by atoms with Gasteiger partial charge in [0.15, 0.2) is 0 Å². The maximum absolute atomic E-state index is 4.01. The fourth-order valence-corrected chi connectivity index (χ4v) is 0.961. The lowest BCUT2D eigenvalue weighted by Gasteiger charge is -2.11. The van der Waals surface area contributed by atoms with Crippen LogP contribution < -0.4 is 5.32 Å². The predicted octanol–water partition coefficient (Wildman–Crippen LogP) is 0.607. The number of hydrogen-bond acceptors (Lipinski definition) is 3.